The van der Waals surface area contributed by atoms with Gasteiger partial charge in [-0.25, -0.2) is 0 Å². The van der Waals surface area contributed by atoms with Crippen LogP contribution in [0.1, 0.15) is 136 Å². The molecule has 0 spiro atoms. The van der Waals surface area contributed by atoms with Crippen molar-refractivity contribution in [1.29, 1.82) is 0 Å². The molecule has 0 N–H and O–H groups in total. The van der Waals surface area contributed by atoms with Crippen LogP contribution in [-0.4, -0.2) is 3.26 Å². The molecule has 2 aliphatic carbocycles. The van der Waals surface area contributed by atoms with E-state index in [1.807, 2.05) is 0 Å². The number of hydrogen-bond acceptors (Lipinski definition) is 0. The van der Waals surface area contributed by atoms with Gasteiger partial charge in [-0.05, 0) is 0 Å². The molecular weight excluding hydrogens is 814 g/mol. The summed E-state index contributed by atoms with van der Waals surface area (Å²) in [6.07, 6.45) is 15.6. The Balaban J connectivity index is 0.00000281. The minimum atomic E-state index is -3.01. The summed E-state index contributed by atoms with van der Waals surface area (Å²) in [6, 6.07) is 34.6. The normalized spacial score (nSPS) is 13.5. The zero-order valence-corrected chi connectivity index (χ0v) is 36.7. The van der Waals surface area contributed by atoms with Crippen LogP contribution in [0.5, 0.6) is 0 Å². The van der Waals surface area contributed by atoms with E-state index in [2.05, 4.69) is 159 Å². The van der Waals surface area contributed by atoms with E-state index in [0.717, 1.165) is 19.3 Å². The largest absolute Gasteiger partial charge is 1.00 e. The van der Waals surface area contributed by atoms with Gasteiger partial charge in [0, 0.05) is 0 Å². The predicted molar refractivity (Wildman–Crippen MR) is 206 cm³/mol. The molecule has 0 nitrogen and oxygen atoms in total. The quantitative estimate of drug-likeness (QED) is 0.155. The third-order valence-electron chi connectivity index (χ3n) is 10.5. The number of aryl methyl sites for hydroxylation is 2. The number of benzene rings is 4. The molecule has 3 heteroatoms. The Hall–Kier alpha value is -2.32. The average Bonchev–Trinajstić information content (AvgIpc) is 3.71. The first kappa shape index (κ1) is 40.5. The monoisotopic (exact) mass is 870 g/mol. The molecule has 0 atom stereocenters. The predicted octanol–water partition coefficient (Wildman–Crippen LogP) is 6.78. The van der Waals surface area contributed by atoms with Gasteiger partial charge in [0.1, 0.15) is 0 Å². The summed E-state index contributed by atoms with van der Waals surface area (Å²) >= 11 is -3.01. The Morgan fingerprint density at radius 2 is 1.06 bits per heavy atom. The molecular formula is C47H56Cl2Hf. The van der Waals surface area contributed by atoms with Crippen molar-refractivity contribution in [3.8, 4) is 11.1 Å². The van der Waals surface area contributed by atoms with E-state index < -0.39 is 21.0 Å². The fourth-order valence-corrected chi connectivity index (χ4v) is 20.7. The van der Waals surface area contributed by atoms with Gasteiger partial charge in [-0.15, -0.1) is 0 Å². The molecule has 4 aromatic carbocycles. The van der Waals surface area contributed by atoms with Crippen molar-refractivity contribution in [2.45, 2.75) is 115 Å². The molecule has 0 aromatic heterocycles. The summed E-state index contributed by atoms with van der Waals surface area (Å²) < 4.78 is 3.83. The Morgan fingerprint density at radius 1 is 0.620 bits per heavy atom. The van der Waals surface area contributed by atoms with Crippen molar-refractivity contribution in [3.05, 3.63) is 151 Å². The van der Waals surface area contributed by atoms with Crippen molar-refractivity contribution >= 4 is 3.26 Å². The fourth-order valence-electron chi connectivity index (χ4n) is 7.56. The first-order chi connectivity index (χ1) is 23.0. The number of fused-ring (bicyclic) bond motifs is 3. The molecule has 0 aliphatic heterocycles. The average molecular weight is 870 g/mol. The van der Waals surface area contributed by atoms with Crippen LogP contribution in [-0.2, 0) is 44.6 Å². The molecule has 0 fully saturated rings. The van der Waals surface area contributed by atoms with Gasteiger partial charge in [0.15, 0.2) is 0 Å². The summed E-state index contributed by atoms with van der Waals surface area (Å²) in [4.78, 5) is 0. The third kappa shape index (κ3) is 8.65. The molecule has 4 aromatic rings. The number of allylic oxidation sites excluding steroid dienone is 4. The summed E-state index contributed by atoms with van der Waals surface area (Å²) in [5.41, 5.74) is 15.0. The number of halogens is 2. The minimum Gasteiger partial charge on any atom is -1.00 e. The molecule has 0 saturated heterocycles. The van der Waals surface area contributed by atoms with Crippen LogP contribution in [0, 0.1) is 0 Å². The number of rotatable bonds is 10. The SMILES string of the molecule is CCCCc1ccc([C](c2ccc(CCCC)cc2)=[Hf+2]([C]2=CC=CC2)[CH]2c3cc(C(C)(C)C)ccc3-c3ccc(C(C)(C)C)cc32)cc1.[Cl-].[Cl-]. The van der Waals surface area contributed by atoms with Gasteiger partial charge < -0.3 is 24.8 Å². The third-order valence-corrected chi connectivity index (χ3v) is 22.7. The van der Waals surface area contributed by atoms with E-state index in [1.54, 1.807) is 17.7 Å². The summed E-state index contributed by atoms with van der Waals surface area (Å²) in [5, 5.41) is 0. The first-order valence-electron chi connectivity index (χ1n) is 18.6. The van der Waals surface area contributed by atoms with Gasteiger partial charge in [0.25, 0.3) is 0 Å². The molecule has 0 unspecified atom stereocenters. The maximum atomic E-state index is 2.61. The van der Waals surface area contributed by atoms with Crippen LogP contribution in [0.4, 0.5) is 0 Å². The Kier molecular flexibility index (Phi) is 13.8. The maximum absolute atomic E-state index is 3.01. The Bertz CT molecular complexity index is 1740. The van der Waals surface area contributed by atoms with Gasteiger partial charge in [-0.1, -0.05) is 0 Å². The van der Waals surface area contributed by atoms with Crippen molar-refractivity contribution in [2.75, 3.05) is 0 Å². The van der Waals surface area contributed by atoms with Crippen molar-refractivity contribution in [1.82, 2.24) is 0 Å². The fraction of sp³-hybridized carbons (Fsp3) is 0.383. The van der Waals surface area contributed by atoms with Crippen LogP contribution >= 0.6 is 0 Å². The van der Waals surface area contributed by atoms with Crippen LogP contribution in [0.25, 0.3) is 11.1 Å². The summed E-state index contributed by atoms with van der Waals surface area (Å²) in [7, 11) is 0. The van der Waals surface area contributed by atoms with Gasteiger partial charge in [0.05, 0.1) is 0 Å². The van der Waals surface area contributed by atoms with E-state index in [0.29, 0.717) is 3.67 Å². The van der Waals surface area contributed by atoms with E-state index in [4.69, 9.17) is 0 Å². The van der Waals surface area contributed by atoms with Crippen molar-refractivity contribution in [3.63, 3.8) is 0 Å². The Morgan fingerprint density at radius 3 is 1.42 bits per heavy atom. The molecule has 0 saturated carbocycles. The second-order valence-electron chi connectivity index (χ2n) is 16.3. The summed E-state index contributed by atoms with van der Waals surface area (Å²) in [6.45, 7) is 18.8. The molecule has 262 valence electrons. The standard InChI is InChI=1S/C21H25.C21H26.C5H5.2ClH.Hf/c1-20(2,3)16-7-9-18-14(12-16)11-15-13-17(21(4,5)6)8-10-19(15)18;1-3-5-7-18-9-13-20(14-10-18)17-21-15-11-19(12-16-21)8-6-4-2;1-2-4-5-3-1;;;/h7-13H,1-6H3;9-16H,3-8H2,1-2H3;1-3H,4H2;2*1H;/q;;;;;+2/p-2. The van der Waals surface area contributed by atoms with Crippen molar-refractivity contribution < 1.29 is 45.8 Å². The number of unbranched alkanes of at least 4 members (excludes halogenated alkanes) is 2. The first-order valence-corrected chi connectivity index (χ1v) is 24.2. The zero-order chi connectivity index (χ0) is 34.1. The zero-order valence-electron chi connectivity index (χ0n) is 31.6. The van der Waals surface area contributed by atoms with E-state index in [-0.39, 0.29) is 35.6 Å². The number of hydrogen-bond donors (Lipinski definition) is 0. The van der Waals surface area contributed by atoms with Crippen LogP contribution in [0.3, 0.4) is 0 Å². The summed E-state index contributed by atoms with van der Waals surface area (Å²) in [5.74, 6) is 0. The molecule has 0 amide bonds. The smallest absolute Gasteiger partial charge is 1.00 e. The van der Waals surface area contributed by atoms with E-state index in [1.165, 1.54) is 70.2 Å². The topological polar surface area (TPSA) is 0 Å². The molecule has 0 bridgehead atoms. The molecule has 0 radical (unpaired) electrons. The minimum absolute atomic E-state index is 0. The van der Waals surface area contributed by atoms with Crippen molar-refractivity contribution in [2.24, 2.45) is 0 Å². The molecule has 6 rings (SSSR count). The maximum Gasteiger partial charge on any atom is -1.00 e. The molecule has 2 aliphatic rings. The van der Waals surface area contributed by atoms with Gasteiger partial charge in [-0.2, -0.15) is 0 Å². The molecule has 0 heterocycles. The second-order valence-corrected chi connectivity index (χ2v) is 25.4. The second kappa shape index (κ2) is 17.0. The van der Waals surface area contributed by atoms with E-state index >= 15 is 0 Å². The van der Waals surface area contributed by atoms with Gasteiger partial charge in [-0.3, -0.25) is 0 Å². The van der Waals surface area contributed by atoms with Crippen LogP contribution in [0.15, 0.2) is 106 Å². The Labute approximate surface area is 323 Å². The van der Waals surface area contributed by atoms with Crippen LogP contribution in [0.2, 0.25) is 0 Å². The van der Waals surface area contributed by atoms with Gasteiger partial charge in [0.2, 0.25) is 0 Å². The van der Waals surface area contributed by atoms with Gasteiger partial charge >= 0.3 is 301 Å². The van der Waals surface area contributed by atoms with Crippen LogP contribution < -0.4 is 24.8 Å². The van der Waals surface area contributed by atoms with E-state index in [9.17, 15) is 0 Å². The molecule has 50 heavy (non-hydrogen) atoms.